The summed E-state index contributed by atoms with van der Waals surface area (Å²) in [6, 6.07) is 7.14. The first-order valence-corrected chi connectivity index (χ1v) is 9.24. The smallest absolute Gasteiger partial charge is 0.325 e. The molecule has 0 saturated heterocycles. The fourth-order valence-electron chi connectivity index (χ4n) is 2.43. The highest BCUT2D eigenvalue weighted by atomic mass is 127. The Morgan fingerprint density at radius 2 is 2.04 bits per heavy atom. The van der Waals surface area contributed by atoms with Gasteiger partial charge in [0.1, 0.15) is 18.4 Å². The van der Waals surface area contributed by atoms with Crippen LogP contribution in [-0.2, 0) is 16.1 Å². The summed E-state index contributed by atoms with van der Waals surface area (Å²) >= 11 is 2.07. The third-order valence-corrected chi connectivity index (χ3v) is 4.69. The number of rotatable bonds is 7. The molecular weight excluding hydrogens is 463 g/mol. The Kier molecular flexibility index (Phi) is 6.16. The second-order valence-electron chi connectivity index (χ2n) is 5.61. The minimum absolute atomic E-state index is 0.179. The van der Waals surface area contributed by atoms with E-state index in [9.17, 15) is 9.59 Å². The number of nitrogens with one attached hydrogen (secondary N) is 1. The maximum absolute atomic E-state index is 12.1. The van der Waals surface area contributed by atoms with E-state index in [4.69, 9.17) is 10.5 Å². The molecule has 140 valence electrons. The number of hydrogen-bond donors (Lipinski definition) is 2. The van der Waals surface area contributed by atoms with Crippen LogP contribution in [0.3, 0.4) is 0 Å². The van der Waals surface area contributed by atoms with Gasteiger partial charge < -0.3 is 20.4 Å². The zero-order valence-electron chi connectivity index (χ0n) is 14.3. The Morgan fingerprint density at radius 3 is 2.85 bits per heavy atom. The average molecular weight is 480 g/mol. The van der Waals surface area contributed by atoms with Gasteiger partial charge in [-0.25, -0.2) is 15.0 Å². The maximum Gasteiger partial charge on any atom is 0.325 e. The van der Waals surface area contributed by atoms with E-state index in [1.54, 1.807) is 18.5 Å². The van der Waals surface area contributed by atoms with E-state index >= 15 is 0 Å². The SMILES string of the molecule is Nc1ncnc2c1ncn2CCCOC(=O)CNC(=O)c1ccccc1I. The lowest BCUT2D eigenvalue weighted by molar-refractivity contribution is -0.142. The predicted octanol–water partition coefficient (Wildman–Crippen LogP) is 1.38. The summed E-state index contributed by atoms with van der Waals surface area (Å²) in [5.74, 6) is -0.468. The van der Waals surface area contributed by atoms with Gasteiger partial charge in [-0.15, -0.1) is 0 Å². The number of carbonyl (C=O) groups excluding carboxylic acids is 2. The lowest BCUT2D eigenvalue weighted by Gasteiger charge is -2.08. The van der Waals surface area contributed by atoms with Crippen LogP contribution < -0.4 is 11.1 Å². The summed E-state index contributed by atoms with van der Waals surface area (Å²) < 4.78 is 7.78. The van der Waals surface area contributed by atoms with Gasteiger partial charge in [0.25, 0.3) is 5.91 Å². The molecule has 0 saturated carbocycles. The zero-order chi connectivity index (χ0) is 19.2. The fourth-order valence-corrected chi connectivity index (χ4v) is 3.06. The van der Waals surface area contributed by atoms with Crippen molar-refractivity contribution >= 4 is 51.4 Å². The van der Waals surface area contributed by atoms with Crippen molar-refractivity contribution in [3.05, 3.63) is 46.1 Å². The molecule has 0 spiro atoms. The van der Waals surface area contributed by atoms with Crippen LogP contribution in [0.15, 0.2) is 36.9 Å². The van der Waals surface area contributed by atoms with Crippen molar-refractivity contribution in [3.63, 3.8) is 0 Å². The van der Waals surface area contributed by atoms with E-state index < -0.39 is 5.97 Å². The van der Waals surface area contributed by atoms with Crippen molar-refractivity contribution in [1.82, 2.24) is 24.8 Å². The summed E-state index contributed by atoms with van der Waals surface area (Å²) in [4.78, 5) is 36.1. The molecule has 0 bridgehead atoms. The normalized spacial score (nSPS) is 10.7. The van der Waals surface area contributed by atoms with Crippen molar-refractivity contribution in [2.45, 2.75) is 13.0 Å². The van der Waals surface area contributed by atoms with Gasteiger partial charge in [-0.05, 0) is 41.1 Å². The van der Waals surface area contributed by atoms with E-state index in [0.29, 0.717) is 35.5 Å². The number of carbonyl (C=O) groups is 2. The molecule has 2 aromatic heterocycles. The zero-order valence-corrected chi connectivity index (χ0v) is 16.4. The van der Waals surface area contributed by atoms with E-state index in [1.165, 1.54) is 6.33 Å². The molecule has 2 heterocycles. The van der Waals surface area contributed by atoms with E-state index in [2.05, 4.69) is 42.9 Å². The first-order valence-electron chi connectivity index (χ1n) is 8.16. The minimum atomic E-state index is -0.489. The Balaban J connectivity index is 1.41. The van der Waals surface area contributed by atoms with Gasteiger partial charge in [-0.3, -0.25) is 9.59 Å². The van der Waals surface area contributed by atoms with Crippen LogP contribution in [0.2, 0.25) is 0 Å². The second-order valence-corrected chi connectivity index (χ2v) is 6.77. The molecule has 1 aromatic carbocycles. The first kappa shape index (κ1) is 19.0. The van der Waals surface area contributed by atoms with Gasteiger partial charge in [0.2, 0.25) is 0 Å². The molecule has 0 atom stereocenters. The monoisotopic (exact) mass is 480 g/mol. The second kappa shape index (κ2) is 8.75. The molecule has 0 unspecified atom stereocenters. The molecule has 0 fully saturated rings. The van der Waals surface area contributed by atoms with Crippen molar-refractivity contribution in [2.24, 2.45) is 0 Å². The number of fused-ring (bicyclic) bond motifs is 1. The number of nitrogen functional groups attached to an aromatic ring is 1. The highest BCUT2D eigenvalue weighted by Crippen LogP contribution is 2.14. The van der Waals surface area contributed by atoms with E-state index in [1.807, 2.05) is 16.7 Å². The van der Waals surface area contributed by atoms with Gasteiger partial charge in [0.05, 0.1) is 18.5 Å². The van der Waals surface area contributed by atoms with Crippen LogP contribution >= 0.6 is 22.6 Å². The number of amides is 1. The largest absolute Gasteiger partial charge is 0.464 e. The number of esters is 1. The molecule has 0 aliphatic carbocycles. The molecule has 10 heteroatoms. The summed E-state index contributed by atoms with van der Waals surface area (Å²) in [6.07, 6.45) is 3.58. The summed E-state index contributed by atoms with van der Waals surface area (Å²) in [5, 5.41) is 2.56. The number of hydrogen-bond acceptors (Lipinski definition) is 7. The Morgan fingerprint density at radius 1 is 1.22 bits per heavy atom. The molecule has 0 radical (unpaired) electrons. The molecule has 9 nitrogen and oxygen atoms in total. The van der Waals surface area contributed by atoms with Crippen LogP contribution in [0.1, 0.15) is 16.8 Å². The Labute approximate surface area is 168 Å². The van der Waals surface area contributed by atoms with Crippen LogP contribution in [0.4, 0.5) is 5.82 Å². The number of anilines is 1. The lowest BCUT2D eigenvalue weighted by Crippen LogP contribution is -2.31. The van der Waals surface area contributed by atoms with Crippen molar-refractivity contribution in [3.8, 4) is 0 Å². The van der Waals surface area contributed by atoms with E-state index in [0.717, 1.165) is 3.57 Å². The third-order valence-electron chi connectivity index (χ3n) is 3.75. The van der Waals surface area contributed by atoms with Gasteiger partial charge in [-0.1, -0.05) is 12.1 Å². The molecule has 3 rings (SSSR count). The summed E-state index contributed by atoms with van der Waals surface area (Å²) in [5.41, 5.74) is 7.46. The van der Waals surface area contributed by atoms with Crippen LogP contribution in [0.5, 0.6) is 0 Å². The number of imidazole rings is 1. The molecule has 3 N–H and O–H groups in total. The van der Waals surface area contributed by atoms with Crippen molar-refractivity contribution in [2.75, 3.05) is 18.9 Å². The molecule has 0 aliphatic rings. The molecule has 3 aromatic rings. The van der Waals surface area contributed by atoms with Crippen LogP contribution in [0.25, 0.3) is 11.2 Å². The standard InChI is InChI=1S/C17H17IN6O3/c18-12-5-2-1-4-11(12)17(26)20-8-13(25)27-7-3-6-24-10-23-14-15(19)21-9-22-16(14)24/h1-2,4-5,9-10H,3,6-8H2,(H,20,26)(H2,19,21,22). The van der Waals surface area contributed by atoms with Crippen molar-refractivity contribution in [1.29, 1.82) is 0 Å². The minimum Gasteiger partial charge on any atom is -0.464 e. The van der Waals surface area contributed by atoms with Gasteiger partial charge in [0, 0.05) is 10.1 Å². The number of nitrogens with two attached hydrogens (primary N) is 1. The molecule has 1 amide bonds. The molecular formula is C17H17IN6O3. The molecule has 0 aliphatic heterocycles. The van der Waals surface area contributed by atoms with Crippen LogP contribution in [-0.4, -0.2) is 44.5 Å². The summed E-state index contributed by atoms with van der Waals surface area (Å²) in [7, 11) is 0. The van der Waals surface area contributed by atoms with Gasteiger partial charge >= 0.3 is 5.97 Å². The third kappa shape index (κ3) is 4.70. The van der Waals surface area contributed by atoms with Crippen LogP contribution in [0, 0.1) is 3.57 Å². The number of benzene rings is 1. The number of halogens is 1. The highest BCUT2D eigenvalue weighted by molar-refractivity contribution is 14.1. The Bertz CT molecular complexity index is 974. The average Bonchev–Trinajstić information content (AvgIpc) is 3.08. The maximum atomic E-state index is 12.1. The predicted molar refractivity (Wildman–Crippen MR) is 107 cm³/mol. The van der Waals surface area contributed by atoms with Gasteiger partial charge in [0.15, 0.2) is 11.5 Å². The van der Waals surface area contributed by atoms with E-state index in [-0.39, 0.29) is 19.1 Å². The topological polar surface area (TPSA) is 125 Å². The first-order chi connectivity index (χ1) is 13.1. The number of nitrogens with zero attached hydrogens (tertiary/aromatic N) is 4. The Hall–Kier alpha value is -2.76. The quantitative estimate of drug-likeness (QED) is 0.297. The number of aromatic nitrogens is 4. The highest BCUT2D eigenvalue weighted by Gasteiger charge is 2.12. The number of ether oxygens (including phenoxy) is 1. The van der Waals surface area contributed by atoms with Gasteiger partial charge in [-0.2, -0.15) is 0 Å². The number of aryl methyl sites for hydroxylation is 1. The lowest BCUT2D eigenvalue weighted by atomic mass is 10.2. The fraction of sp³-hybridized carbons (Fsp3) is 0.235. The van der Waals surface area contributed by atoms with Crippen molar-refractivity contribution < 1.29 is 14.3 Å². The molecule has 27 heavy (non-hydrogen) atoms. The summed E-state index contributed by atoms with van der Waals surface area (Å²) in [6.45, 7) is 0.605.